The van der Waals surface area contributed by atoms with Gasteiger partial charge in [-0.1, -0.05) is 0 Å². The normalized spacial score (nSPS) is 24.2. The van der Waals surface area contributed by atoms with Crippen molar-refractivity contribution in [1.29, 1.82) is 0 Å². The van der Waals surface area contributed by atoms with Gasteiger partial charge in [0.1, 0.15) is 6.04 Å². The van der Waals surface area contributed by atoms with Gasteiger partial charge < -0.3 is 20.6 Å². The second kappa shape index (κ2) is 5.46. The third kappa shape index (κ3) is 3.59. The summed E-state index contributed by atoms with van der Waals surface area (Å²) in [6, 6.07) is -1.28. The molecule has 1 aliphatic carbocycles. The Labute approximate surface area is 111 Å². The molecule has 0 spiro atoms. The lowest BCUT2D eigenvalue weighted by molar-refractivity contribution is -0.137. The van der Waals surface area contributed by atoms with Crippen LogP contribution in [0.2, 0.25) is 0 Å². The van der Waals surface area contributed by atoms with Crippen LogP contribution in [-0.2, 0) is 9.59 Å². The molecule has 2 unspecified atom stereocenters. The number of carbonyl (C=O) groups excluding carboxylic acids is 2. The summed E-state index contributed by atoms with van der Waals surface area (Å²) in [5.41, 5.74) is 0. The molecule has 106 valence electrons. The van der Waals surface area contributed by atoms with E-state index in [0.717, 1.165) is 12.8 Å². The molecule has 2 atom stereocenters. The quantitative estimate of drug-likeness (QED) is 0.642. The molecule has 19 heavy (non-hydrogen) atoms. The number of aliphatic carboxylic acids is 1. The van der Waals surface area contributed by atoms with Crippen molar-refractivity contribution in [2.75, 3.05) is 13.6 Å². The van der Waals surface area contributed by atoms with Crippen molar-refractivity contribution in [3.05, 3.63) is 0 Å². The maximum absolute atomic E-state index is 11.8. The molecule has 1 aliphatic heterocycles. The van der Waals surface area contributed by atoms with Crippen molar-refractivity contribution < 1.29 is 19.5 Å². The Hall–Kier alpha value is -1.79. The van der Waals surface area contributed by atoms with Gasteiger partial charge in [0, 0.05) is 19.6 Å². The van der Waals surface area contributed by atoms with Gasteiger partial charge in [-0.15, -0.1) is 0 Å². The summed E-state index contributed by atoms with van der Waals surface area (Å²) in [7, 11) is 1.69. The number of rotatable bonds is 5. The topological polar surface area (TPSA) is 98.7 Å². The number of nitrogens with zero attached hydrogens (tertiary/aromatic N) is 1. The van der Waals surface area contributed by atoms with Crippen molar-refractivity contribution in [3.63, 3.8) is 0 Å². The highest BCUT2D eigenvalue weighted by molar-refractivity contribution is 5.88. The van der Waals surface area contributed by atoms with E-state index in [4.69, 9.17) is 5.11 Å². The molecule has 0 aromatic rings. The number of likely N-dealkylation sites (tertiary alicyclic amines) is 1. The van der Waals surface area contributed by atoms with Gasteiger partial charge in [-0.2, -0.15) is 0 Å². The van der Waals surface area contributed by atoms with Gasteiger partial charge in [0.05, 0.1) is 6.42 Å². The molecule has 1 heterocycles. The van der Waals surface area contributed by atoms with Crippen molar-refractivity contribution >= 4 is 17.9 Å². The van der Waals surface area contributed by atoms with E-state index in [1.807, 2.05) is 0 Å². The van der Waals surface area contributed by atoms with Gasteiger partial charge >= 0.3 is 12.0 Å². The van der Waals surface area contributed by atoms with E-state index in [-0.39, 0.29) is 24.3 Å². The number of likely N-dealkylation sites (N-methyl/N-ethyl adjacent to an activating group) is 1. The first-order valence-electron chi connectivity index (χ1n) is 6.51. The maximum Gasteiger partial charge on any atom is 0.315 e. The molecule has 0 radical (unpaired) electrons. The van der Waals surface area contributed by atoms with Crippen molar-refractivity contribution in [3.8, 4) is 0 Å². The van der Waals surface area contributed by atoms with Crippen LogP contribution < -0.4 is 10.6 Å². The van der Waals surface area contributed by atoms with Crippen LogP contribution in [0.4, 0.5) is 4.79 Å². The molecule has 0 aromatic heterocycles. The number of urea groups is 1. The van der Waals surface area contributed by atoms with E-state index in [1.165, 1.54) is 0 Å². The molecule has 2 fully saturated rings. The maximum atomic E-state index is 11.8. The average Bonchev–Trinajstić information content (AvgIpc) is 3.11. The highest BCUT2D eigenvalue weighted by Gasteiger charge is 2.35. The highest BCUT2D eigenvalue weighted by atomic mass is 16.4. The summed E-state index contributed by atoms with van der Waals surface area (Å²) in [4.78, 5) is 35.7. The van der Waals surface area contributed by atoms with Crippen molar-refractivity contribution in [2.45, 2.75) is 37.8 Å². The fourth-order valence-corrected chi connectivity index (χ4v) is 2.35. The molecule has 0 aromatic carbocycles. The Balaban J connectivity index is 1.82. The van der Waals surface area contributed by atoms with E-state index in [1.54, 1.807) is 11.9 Å². The molecule has 7 nitrogen and oxygen atoms in total. The predicted octanol–water partition coefficient (Wildman–Crippen LogP) is -0.230. The molecule has 1 saturated carbocycles. The zero-order chi connectivity index (χ0) is 14.0. The molecular formula is C12H19N3O4. The molecule has 3 N–H and O–H groups in total. The second-order valence-corrected chi connectivity index (χ2v) is 5.26. The Morgan fingerprint density at radius 1 is 1.42 bits per heavy atom. The van der Waals surface area contributed by atoms with Crippen LogP contribution in [-0.4, -0.2) is 53.6 Å². The number of hydrogen-bond acceptors (Lipinski definition) is 3. The molecule has 0 bridgehead atoms. The van der Waals surface area contributed by atoms with Crippen molar-refractivity contribution in [2.24, 2.45) is 5.92 Å². The summed E-state index contributed by atoms with van der Waals surface area (Å²) >= 11 is 0. The minimum atomic E-state index is -0.922. The van der Waals surface area contributed by atoms with Gasteiger partial charge in [0.2, 0.25) is 5.91 Å². The van der Waals surface area contributed by atoms with Crippen molar-refractivity contribution in [1.82, 2.24) is 15.5 Å². The largest absolute Gasteiger partial charge is 0.481 e. The standard InChI is InChI=1S/C12H19N3O4/c1-15-5-4-8(11(15)18)13-12(19)14-9(6-10(16)17)7-2-3-7/h7-9H,2-6H2,1H3,(H,16,17)(H2,13,14,19). The van der Waals surface area contributed by atoms with Crippen LogP contribution in [0, 0.1) is 5.92 Å². The highest BCUT2D eigenvalue weighted by Crippen LogP contribution is 2.34. The van der Waals surface area contributed by atoms with Gasteiger partial charge in [0.15, 0.2) is 0 Å². The number of hydrogen-bond donors (Lipinski definition) is 3. The molecular weight excluding hydrogens is 250 g/mol. The lowest BCUT2D eigenvalue weighted by Crippen LogP contribution is -2.49. The van der Waals surface area contributed by atoms with Gasteiger partial charge in [-0.05, 0) is 25.2 Å². The van der Waals surface area contributed by atoms with Crippen LogP contribution in [0.15, 0.2) is 0 Å². The van der Waals surface area contributed by atoms with Crippen LogP contribution >= 0.6 is 0 Å². The van der Waals surface area contributed by atoms with Crippen LogP contribution in [0.1, 0.15) is 25.7 Å². The molecule has 3 amide bonds. The molecule has 2 aliphatic rings. The average molecular weight is 269 g/mol. The SMILES string of the molecule is CN1CCC(NC(=O)NC(CC(=O)O)C2CC2)C1=O. The summed E-state index contributed by atoms with van der Waals surface area (Å²) in [5, 5.41) is 14.1. The zero-order valence-corrected chi connectivity index (χ0v) is 10.9. The fraction of sp³-hybridized carbons (Fsp3) is 0.750. The number of carboxylic acids is 1. The molecule has 7 heteroatoms. The number of carboxylic acid groups (broad SMARTS) is 1. The second-order valence-electron chi connectivity index (χ2n) is 5.26. The van der Waals surface area contributed by atoms with E-state index >= 15 is 0 Å². The van der Waals surface area contributed by atoms with Crippen LogP contribution in [0.5, 0.6) is 0 Å². The van der Waals surface area contributed by atoms with Crippen LogP contribution in [0.25, 0.3) is 0 Å². The molecule has 2 rings (SSSR count). The summed E-state index contributed by atoms with van der Waals surface area (Å²) < 4.78 is 0. The smallest absolute Gasteiger partial charge is 0.315 e. The molecule has 1 saturated heterocycles. The third-order valence-corrected chi connectivity index (χ3v) is 3.63. The first-order valence-corrected chi connectivity index (χ1v) is 6.51. The van der Waals surface area contributed by atoms with E-state index in [0.29, 0.717) is 13.0 Å². The lowest BCUT2D eigenvalue weighted by Gasteiger charge is -2.18. The van der Waals surface area contributed by atoms with E-state index in [9.17, 15) is 14.4 Å². The van der Waals surface area contributed by atoms with Crippen LogP contribution in [0.3, 0.4) is 0 Å². The first-order chi connectivity index (χ1) is 8.97. The minimum Gasteiger partial charge on any atom is -0.481 e. The van der Waals surface area contributed by atoms with E-state index < -0.39 is 18.0 Å². The summed E-state index contributed by atoms with van der Waals surface area (Å²) in [5.74, 6) is -0.769. The summed E-state index contributed by atoms with van der Waals surface area (Å²) in [6.07, 6.45) is 2.42. The Kier molecular flexibility index (Phi) is 3.92. The Bertz CT molecular complexity index is 394. The van der Waals surface area contributed by atoms with Gasteiger partial charge in [-0.3, -0.25) is 9.59 Å². The number of carbonyl (C=O) groups is 3. The monoisotopic (exact) mass is 269 g/mol. The number of nitrogens with one attached hydrogen (secondary N) is 2. The number of amides is 3. The van der Waals surface area contributed by atoms with Gasteiger partial charge in [-0.25, -0.2) is 4.79 Å². The fourth-order valence-electron chi connectivity index (χ4n) is 2.35. The Morgan fingerprint density at radius 3 is 2.58 bits per heavy atom. The summed E-state index contributed by atoms with van der Waals surface area (Å²) in [6.45, 7) is 0.630. The minimum absolute atomic E-state index is 0.0728. The predicted molar refractivity (Wildman–Crippen MR) is 66.5 cm³/mol. The Morgan fingerprint density at radius 2 is 2.11 bits per heavy atom. The lowest BCUT2D eigenvalue weighted by atomic mass is 10.1. The first kappa shape index (κ1) is 13.6. The van der Waals surface area contributed by atoms with Gasteiger partial charge in [0.25, 0.3) is 0 Å². The zero-order valence-electron chi connectivity index (χ0n) is 10.9. The third-order valence-electron chi connectivity index (χ3n) is 3.63. The van der Waals surface area contributed by atoms with E-state index in [2.05, 4.69) is 10.6 Å².